The summed E-state index contributed by atoms with van der Waals surface area (Å²) < 4.78 is 0. The van der Waals surface area contributed by atoms with Crippen LogP contribution in [0.25, 0.3) is 0 Å². The van der Waals surface area contributed by atoms with E-state index < -0.39 is 0 Å². The molecule has 2 rings (SSSR count). The number of carbonyl (C=O) groups excluding carboxylic acids is 1. The fourth-order valence-electron chi connectivity index (χ4n) is 1.41. The largest absolute Gasteiger partial charge is 0.298 e. The fraction of sp³-hybridized carbons (Fsp3) is 0.250. The molecule has 0 aliphatic carbocycles. The first kappa shape index (κ1) is 11.9. The van der Waals surface area contributed by atoms with Gasteiger partial charge in [-0.2, -0.15) is 0 Å². The van der Waals surface area contributed by atoms with Gasteiger partial charge in [-0.15, -0.1) is 5.10 Å². The first-order chi connectivity index (χ1) is 8.24. The standard InChI is InChI=1S/C12H13N3OS/c1-9-13-12(15-14-9)17-8-11(16)7-10-5-3-2-4-6-10/h2-6H,7-8H2,1H3,(H,13,14,15). The van der Waals surface area contributed by atoms with Gasteiger partial charge in [0.25, 0.3) is 0 Å². The number of rotatable bonds is 5. The van der Waals surface area contributed by atoms with Gasteiger partial charge in [-0.3, -0.25) is 9.89 Å². The Bertz CT molecular complexity index is 495. The molecule has 0 amide bonds. The number of benzene rings is 1. The molecule has 1 aromatic carbocycles. The number of nitrogens with zero attached hydrogens (tertiary/aromatic N) is 2. The number of carbonyl (C=O) groups is 1. The molecule has 2 aromatic rings. The predicted octanol–water partition coefficient (Wildman–Crippen LogP) is 2.02. The average molecular weight is 247 g/mol. The lowest BCUT2D eigenvalue weighted by Crippen LogP contribution is -2.05. The van der Waals surface area contributed by atoms with E-state index in [1.54, 1.807) is 0 Å². The Labute approximate surface area is 104 Å². The number of nitrogens with one attached hydrogen (secondary N) is 1. The molecular formula is C12H13N3OS. The van der Waals surface area contributed by atoms with E-state index in [1.807, 2.05) is 37.3 Å². The summed E-state index contributed by atoms with van der Waals surface area (Å²) in [4.78, 5) is 15.8. The van der Waals surface area contributed by atoms with Gasteiger partial charge in [-0.25, -0.2) is 4.98 Å². The van der Waals surface area contributed by atoms with Gasteiger partial charge < -0.3 is 0 Å². The molecule has 1 N–H and O–H groups in total. The molecule has 0 unspecified atom stereocenters. The van der Waals surface area contributed by atoms with Crippen LogP contribution in [0.1, 0.15) is 11.4 Å². The van der Waals surface area contributed by atoms with Gasteiger partial charge in [0.15, 0.2) is 0 Å². The fourth-order valence-corrected chi connectivity index (χ4v) is 2.11. The highest BCUT2D eigenvalue weighted by Gasteiger charge is 2.07. The van der Waals surface area contributed by atoms with Crippen LogP contribution in [0.4, 0.5) is 0 Å². The van der Waals surface area contributed by atoms with Crippen molar-refractivity contribution in [2.75, 3.05) is 5.75 Å². The lowest BCUT2D eigenvalue weighted by molar-refractivity contribution is -0.116. The third-order valence-electron chi connectivity index (χ3n) is 2.18. The quantitative estimate of drug-likeness (QED) is 0.821. The van der Waals surface area contributed by atoms with Gasteiger partial charge in [-0.1, -0.05) is 42.1 Å². The maximum Gasteiger partial charge on any atom is 0.208 e. The predicted molar refractivity (Wildman–Crippen MR) is 67.0 cm³/mol. The molecule has 0 saturated heterocycles. The molecule has 0 bridgehead atoms. The summed E-state index contributed by atoms with van der Waals surface area (Å²) in [6.45, 7) is 1.84. The minimum Gasteiger partial charge on any atom is -0.298 e. The zero-order chi connectivity index (χ0) is 12.1. The van der Waals surface area contributed by atoms with Gasteiger partial charge in [0, 0.05) is 6.42 Å². The van der Waals surface area contributed by atoms with Crippen molar-refractivity contribution in [2.24, 2.45) is 0 Å². The van der Waals surface area contributed by atoms with E-state index >= 15 is 0 Å². The number of ketones is 1. The molecule has 1 aromatic heterocycles. The average Bonchev–Trinajstić information content (AvgIpc) is 2.74. The van der Waals surface area contributed by atoms with Gasteiger partial charge in [0.05, 0.1) is 5.75 Å². The number of H-pyrrole nitrogens is 1. The van der Waals surface area contributed by atoms with E-state index in [1.165, 1.54) is 11.8 Å². The van der Waals surface area contributed by atoms with Crippen LogP contribution in [0, 0.1) is 6.92 Å². The molecule has 88 valence electrons. The van der Waals surface area contributed by atoms with Crippen molar-refractivity contribution in [3.05, 3.63) is 41.7 Å². The minimum absolute atomic E-state index is 0.184. The van der Waals surface area contributed by atoms with Gasteiger partial charge >= 0.3 is 0 Å². The number of hydrogen-bond acceptors (Lipinski definition) is 4. The lowest BCUT2D eigenvalue weighted by atomic mass is 10.1. The third-order valence-corrected chi connectivity index (χ3v) is 3.09. The Hall–Kier alpha value is -1.62. The molecule has 4 nitrogen and oxygen atoms in total. The molecule has 0 spiro atoms. The van der Waals surface area contributed by atoms with Crippen LogP contribution in [0.2, 0.25) is 0 Å². The van der Waals surface area contributed by atoms with Crippen molar-refractivity contribution in [1.82, 2.24) is 15.2 Å². The minimum atomic E-state index is 0.184. The second-order valence-electron chi connectivity index (χ2n) is 3.69. The zero-order valence-electron chi connectivity index (χ0n) is 9.51. The van der Waals surface area contributed by atoms with Crippen molar-refractivity contribution < 1.29 is 4.79 Å². The summed E-state index contributed by atoms with van der Waals surface area (Å²) in [5.74, 6) is 1.36. The van der Waals surface area contributed by atoms with E-state index in [2.05, 4.69) is 15.2 Å². The van der Waals surface area contributed by atoms with Crippen molar-refractivity contribution in [3.8, 4) is 0 Å². The van der Waals surface area contributed by atoms with Crippen molar-refractivity contribution >= 4 is 17.5 Å². The first-order valence-electron chi connectivity index (χ1n) is 5.31. The molecule has 0 atom stereocenters. The summed E-state index contributed by atoms with van der Waals surface area (Å²) in [6.07, 6.45) is 0.469. The van der Waals surface area contributed by atoms with Crippen molar-refractivity contribution in [2.45, 2.75) is 18.5 Å². The van der Waals surface area contributed by atoms with E-state index in [9.17, 15) is 4.79 Å². The van der Waals surface area contributed by atoms with Crippen molar-refractivity contribution in [3.63, 3.8) is 0 Å². The maximum atomic E-state index is 11.7. The van der Waals surface area contributed by atoms with E-state index in [0.29, 0.717) is 17.3 Å². The SMILES string of the molecule is Cc1nc(SCC(=O)Cc2ccccc2)n[nH]1. The third kappa shape index (κ3) is 3.71. The Morgan fingerprint density at radius 2 is 2.12 bits per heavy atom. The molecule has 0 fully saturated rings. The molecule has 1 heterocycles. The lowest BCUT2D eigenvalue weighted by Gasteiger charge is -1.99. The van der Waals surface area contributed by atoms with Crippen LogP contribution < -0.4 is 0 Å². The molecule has 0 aliphatic heterocycles. The second-order valence-corrected chi connectivity index (χ2v) is 4.64. The molecule has 5 heteroatoms. The summed E-state index contributed by atoms with van der Waals surface area (Å²) in [7, 11) is 0. The molecular weight excluding hydrogens is 234 g/mol. The number of aromatic nitrogens is 3. The second kappa shape index (κ2) is 5.63. The zero-order valence-corrected chi connectivity index (χ0v) is 10.3. The topological polar surface area (TPSA) is 58.6 Å². The first-order valence-corrected chi connectivity index (χ1v) is 6.30. The van der Waals surface area contributed by atoms with Crippen LogP contribution >= 0.6 is 11.8 Å². The molecule has 17 heavy (non-hydrogen) atoms. The molecule has 0 radical (unpaired) electrons. The highest BCUT2D eigenvalue weighted by molar-refractivity contribution is 7.99. The number of Topliss-reactive ketones (excluding diaryl/α,β-unsaturated/α-hetero) is 1. The summed E-state index contributed by atoms with van der Waals surface area (Å²) in [6, 6.07) is 9.74. The number of hydrogen-bond donors (Lipinski definition) is 1. The Kier molecular flexibility index (Phi) is 3.93. The Morgan fingerprint density at radius 3 is 2.76 bits per heavy atom. The van der Waals surface area contributed by atoms with E-state index in [4.69, 9.17) is 0 Å². The highest BCUT2D eigenvalue weighted by atomic mass is 32.2. The summed E-state index contributed by atoms with van der Waals surface area (Å²) in [5.41, 5.74) is 1.05. The van der Waals surface area contributed by atoms with Gasteiger partial charge in [0.2, 0.25) is 5.16 Å². The number of aromatic amines is 1. The van der Waals surface area contributed by atoms with E-state index in [-0.39, 0.29) is 5.78 Å². The Morgan fingerprint density at radius 1 is 1.35 bits per heavy atom. The smallest absolute Gasteiger partial charge is 0.208 e. The van der Waals surface area contributed by atoms with Crippen LogP contribution in [-0.4, -0.2) is 26.7 Å². The monoisotopic (exact) mass is 247 g/mol. The number of aryl methyl sites for hydroxylation is 1. The summed E-state index contributed by atoms with van der Waals surface area (Å²) >= 11 is 1.37. The van der Waals surface area contributed by atoms with Crippen molar-refractivity contribution in [1.29, 1.82) is 0 Å². The van der Waals surface area contributed by atoms with Gasteiger partial charge in [0.1, 0.15) is 11.6 Å². The van der Waals surface area contributed by atoms with E-state index in [0.717, 1.165) is 11.4 Å². The molecule has 0 aliphatic rings. The molecule has 0 saturated carbocycles. The van der Waals surface area contributed by atoms with Gasteiger partial charge in [-0.05, 0) is 12.5 Å². The highest BCUT2D eigenvalue weighted by Crippen LogP contribution is 2.13. The van der Waals surface area contributed by atoms with Crippen LogP contribution in [-0.2, 0) is 11.2 Å². The summed E-state index contributed by atoms with van der Waals surface area (Å²) in [5, 5.41) is 7.35. The normalized spacial score (nSPS) is 10.4. The Balaban J connectivity index is 1.82. The maximum absolute atomic E-state index is 11.7. The van der Waals surface area contributed by atoms with Crippen LogP contribution in [0.3, 0.4) is 0 Å². The number of thioether (sulfide) groups is 1. The van der Waals surface area contributed by atoms with Crippen LogP contribution in [0.5, 0.6) is 0 Å². The van der Waals surface area contributed by atoms with Crippen LogP contribution in [0.15, 0.2) is 35.5 Å².